The Bertz CT molecular complexity index is 909. The summed E-state index contributed by atoms with van der Waals surface area (Å²) in [5.74, 6) is 0. The van der Waals surface area contributed by atoms with E-state index in [1.54, 1.807) is 0 Å². The van der Waals surface area contributed by atoms with Gasteiger partial charge in [-0.3, -0.25) is 0 Å². The fourth-order valence-electron chi connectivity index (χ4n) is 3.43. The Morgan fingerprint density at radius 1 is 1.12 bits per heavy atom. The molecular formula is C23H24N2. The van der Waals surface area contributed by atoms with Gasteiger partial charge in [-0.05, 0) is 68.2 Å². The maximum atomic E-state index is 9.59. The third kappa shape index (κ3) is 3.10. The molecule has 1 aliphatic rings. The van der Waals surface area contributed by atoms with Gasteiger partial charge in [-0.25, -0.2) is 0 Å². The number of aryl methyl sites for hydroxylation is 1. The summed E-state index contributed by atoms with van der Waals surface area (Å²) in [4.78, 5) is 2.32. The Labute approximate surface area is 150 Å². The maximum absolute atomic E-state index is 9.59. The van der Waals surface area contributed by atoms with Crippen molar-refractivity contribution in [2.45, 2.75) is 33.2 Å². The molecule has 0 amide bonds. The van der Waals surface area contributed by atoms with Crippen LogP contribution in [0.25, 0.3) is 17.2 Å². The van der Waals surface area contributed by atoms with Gasteiger partial charge in [-0.1, -0.05) is 36.4 Å². The molecule has 3 rings (SSSR count). The van der Waals surface area contributed by atoms with Crippen LogP contribution in [-0.4, -0.2) is 12.6 Å². The lowest BCUT2D eigenvalue weighted by molar-refractivity contribution is 0.597. The number of hydrogen-bond acceptors (Lipinski definition) is 2. The van der Waals surface area contributed by atoms with E-state index in [4.69, 9.17) is 0 Å². The smallest absolute Gasteiger partial charge is 0.0998 e. The second kappa shape index (κ2) is 6.26. The molecule has 2 aromatic rings. The third-order valence-electron chi connectivity index (χ3n) is 5.11. The van der Waals surface area contributed by atoms with Crippen LogP contribution in [0.1, 0.15) is 43.0 Å². The standard InChI is InChI=1S/C23H24N2/c1-16-11-22-21(17(2)14-23(3,4)25(22)5)13-19(16)12-20(15-24)18-9-7-6-8-10-18/h6-14H,1-5H3/b20-12+. The van der Waals surface area contributed by atoms with Crippen LogP contribution in [0.2, 0.25) is 0 Å². The number of anilines is 1. The van der Waals surface area contributed by atoms with E-state index in [2.05, 4.69) is 63.9 Å². The van der Waals surface area contributed by atoms with Gasteiger partial charge < -0.3 is 4.90 Å². The molecule has 25 heavy (non-hydrogen) atoms. The zero-order valence-electron chi connectivity index (χ0n) is 15.6. The van der Waals surface area contributed by atoms with Gasteiger partial charge in [-0.2, -0.15) is 5.26 Å². The highest BCUT2D eigenvalue weighted by molar-refractivity contribution is 5.92. The highest BCUT2D eigenvalue weighted by atomic mass is 15.2. The molecule has 0 unspecified atom stereocenters. The number of benzene rings is 2. The highest BCUT2D eigenvalue weighted by Crippen LogP contribution is 2.39. The number of fused-ring (bicyclic) bond motifs is 1. The van der Waals surface area contributed by atoms with Gasteiger partial charge in [0.15, 0.2) is 0 Å². The molecule has 2 aromatic carbocycles. The molecule has 0 bridgehead atoms. The van der Waals surface area contributed by atoms with Gasteiger partial charge in [0.25, 0.3) is 0 Å². The van der Waals surface area contributed by atoms with E-state index in [1.807, 2.05) is 36.4 Å². The predicted octanol–water partition coefficient (Wildman–Crippen LogP) is 5.69. The van der Waals surface area contributed by atoms with Crippen LogP contribution in [0.15, 0.2) is 48.5 Å². The van der Waals surface area contributed by atoms with Gasteiger partial charge in [0.1, 0.15) is 0 Å². The van der Waals surface area contributed by atoms with Crippen molar-refractivity contribution >= 4 is 22.9 Å². The molecule has 0 atom stereocenters. The van der Waals surface area contributed by atoms with Crippen LogP contribution in [0.4, 0.5) is 5.69 Å². The Kier molecular flexibility index (Phi) is 4.27. The number of allylic oxidation sites excluding steroid dienone is 2. The van der Waals surface area contributed by atoms with Crippen LogP contribution >= 0.6 is 0 Å². The molecule has 1 aliphatic heterocycles. The minimum absolute atomic E-state index is 0.00271. The van der Waals surface area contributed by atoms with E-state index in [-0.39, 0.29) is 5.54 Å². The number of hydrogen-bond donors (Lipinski definition) is 0. The minimum atomic E-state index is 0.00271. The second-order valence-electron chi connectivity index (χ2n) is 7.30. The molecule has 0 fully saturated rings. The van der Waals surface area contributed by atoms with Crippen molar-refractivity contribution in [2.75, 3.05) is 11.9 Å². The first kappa shape index (κ1) is 17.0. The summed E-state index contributed by atoms with van der Waals surface area (Å²) >= 11 is 0. The zero-order chi connectivity index (χ0) is 18.2. The molecule has 0 radical (unpaired) electrons. The van der Waals surface area contributed by atoms with Crippen molar-refractivity contribution in [1.82, 2.24) is 0 Å². The van der Waals surface area contributed by atoms with Crippen LogP contribution in [0, 0.1) is 18.3 Å². The molecule has 0 saturated carbocycles. The van der Waals surface area contributed by atoms with Crippen molar-refractivity contribution in [3.8, 4) is 6.07 Å². The largest absolute Gasteiger partial charge is 0.365 e. The van der Waals surface area contributed by atoms with E-state index in [0.717, 1.165) is 11.1 Å². The number of rotatable bonds is 2. The average molecular weight is 328 g/mol. The van der Waals surface area contributed by atoms with Gasteiger partial charge in [0.05, 0.1) is 17.2 Å². The Morgan fingerprint density at radius 3 is 2.44 bits per heavy atom. The minimum Gasteiger partial charge on any atom is -0.365 e. The number of nitrogens with zero attached hydrogens (tertiary/aromatic N) is 2. The van der Waals surface area contributed by atoms with Crippen LogP contribution in [0.3, 0.4) is 0 Å². The van der Waals surface area contributed by atoms with Crippen molar-refractivity contribution < 1.29 is 0 Å². The third-order valence-corrected chi connectivity index (χ3v) is 5.11. The van der Waals surface area contributed by atoms with Crippen molar-refractivity contribution in [3.63, 3.8) is 0 Å². The molecule has 0 N–H and O–H groups in total. The van der Waals surface area contributed by atoms with E-state index in [0.29, 0.717) is 5.57 Å². The predicted molar refractivity (Wildman–Crippen MR) is 107 cm³/mol. The SMILES string of the molecule is CC1=CC(C)(C)N(C)c2cc(C)c(/C=C(\C#N)c3ccccc3)cc21. The lowest BCUT2D eigenvalue weighted by Crippen LogP contribution is -2.42. The first-order valence-corrected chi connectivity index (χ1v) is 8.59. The van der Waals surface area contributed by atoms with Gasteiger partial charge in [0.2, 0.25) is 0 Å². The molecule has 0 aromatic heterocycles. The number of likely N-dealkylation sites (N-methyl/N-ethyl adjacent to an activating group) is 1. The maximum Gasteiger partial charge on any atom is 0.0998 e. The second-order valence-corrected chi connectivity index (χ2v) is 7.30. The first-order valence-electron chi connectivity index (χ1n) is 8.59. The molecule has 1 heterocycles. The molecule has 0 aliphatic carbocycles. The number of nitriles is 1. The van der Waals surface area contributed by atoms with Crippen LogP contribution < -0.4 is 4.90 Å². The van der Waals surface area contributed by atoms with Crippen LogP contribution in [-0.2, 0) is 0 Å². The summed E-state index contributed by atoms with van der Waals surface area (Å²) in [6.45, 7) is 8.73. The van der Waals surface area contributed by atoms with E-state index in [1.165, 1.54) is 22.4 Å². The highest BCUT2D eigenvalue weighted by Gasteiger charge is 2.28. The Hall–Kier alpha value is -2.79. The van der Waals surface area contributed by atoms with Crippen LogP contribution in [0.5, 0.6) is 0 Å². The van der Waals surface area contributed by atoms with Gasteiger partial charge in [-0.15, -0.1) is 0 Å². The Balaban J connectivity index is 2.13. The normalized spacial score (nSPS) is 16.1. The van der Waals surface area contributed by atoms with E-state index < -0.39 is 0 Å². The lowest BCUT2D eigenvalue weighted by Gasteiger charge is -2.41. The first-order chi connectivity index (χ1) is 11.8. The molecule has 2 nitrogen and oxygen atoms in total. The summed E-state index contributed by atoms with van der Waals surface area (Å²) < 4.78 is 0. The summed E-state index contributed by atoms with van der Waals surface area (Å²) in [5.41, 5.74) is 7.69. The lowest BCUT2D eigenvalue weighted by atomic mass is 9.87. The molecular weight excluding hydrogens is 304 g/mol. The summed E-state index contributed by atoms with van der Waals surface area (Å²) in [6.07, 6.45) is 4.30. The van der Waals surface area contributed by atoms with E-state index in [9.17, 15) is 5.26 Å². The van der Waals surface area contributed by atoms with Gasteiger partial charge >= 0.3 is 0 Å². The van der Waals surface area contributed by atoms with Crippen molar-refractivity contribution in [1.29, 1.82) is 5.26 Å². The molecule has 0 saturated heterocycles. The quantitative estimate of drug-likeness (QED) is 0.523. The summed E-state index contributed by atoms with van der Waals surface area (Å²) in [6, 6.07) is 16.6. The molecule has 0 spiro atoms. The fourth-order valence-corrected chi connectivity index (χ4v) is 3.43. The fraction of sp³-hybridized carbons (Fsp3) is 0.261. The monoisotopic (exact) mass is 328 g/mol. The topological polar surface area (TPSA) is 27.0 Å². The van der Waals surface area contributed by atoms with Gasteiger partial charge in [0, 0.05) is 18.3 Å². The Morgan fingerprint density at radius 2 is 1.80 bits per heavy atom. The summed E-state index contributed by atoms with van der Waals surface area (Å²) in [7, 11) is 2.14. The molecule has 126 valence electrons. The van der Waals surface area contributed by atoms with Crippen molar-refractivity contribution in [3.05, 3.63) is 70.8 Å². The zero-order valence-corrected chi connectivity index (χ0v) is 15.6. The molecule has 2 heteroatoms. The average Bonchev–Trinajstić information content (AvgIpc) is 2.59. The van der Waals surface area contributed by atoms with E-state index >= 15 is 0 Å². The van der Waals surface area contributed by atoms with Crippen molar-refractivity contribution in [2.24, 2.45) is 0 Å². The summed E-state index contributed by atoms with van der Waals surface area (Å²) in [5, 5.41) is 9.59.